The molecule has 15 heteroatoms. The second-order valence-corrected chi connectivity index (χ2v) is 40.9. The van der Waals surface area contributed by atoms with Crippen LogP contribution in [0.2, 0.25) is 10.0 Å². The molecule has 2 aliphatic rings. The molecule has 670 valence electrons. The Morgan fingerprint density at radius 2 is 0.529 bits per heavy atom. The van der Waals surface area contributed by atoms with E-state index in [9.17, 15) is 16.8 Å². The standard InChI is InChI=1S/C52H83ClN4O2S.C45H78N2.C7H8ClNO2S/c1-4-6-8-10-12-14-16-18-20-22-24-26-28-30-32-41-52(42-33-31-29-27-25-23-21-19-17-15-13-11-9-7-5-2)54-49-36-34-35-45-47(39-40-50(55-52)51(45)49)56-57-48-38-37-44(43-46(48)53)60(3,58)59;1-3-5-7-9-11-13-15-17-19-21-23-25-27-29-31-39-45(46-42-37-33-35-41-36-34-38-43(47-45)44(41)42)40-32-30-28-26-24-22-20-18-16-14-12-10-8-6-4-2;1-12(10,11)5-2-3-7(9)6(8)4-5/h34-40,43,54-55H,4-33,41-42H2,1-3H3;33-38,46-47H,3-32,39-40H2,1-2H3;2-4H,9H2,1H3. The van der Waals surface area contributed by atoms with E-state index in [0.717, 1.165) is 46.9 Å². The summed E-state index contributed by atoms with van der Waals surface area (Å²) >= 11 is 12.1. The van der Waals surface area contributed by atoms with Gasteiger partial charge in [-0.05, 0) is 123 Å². The molecule has 0 aliphatic carbocycles. The van der Waals surface area contributed by atoms with E-state index in [4.69, 9.17) is 28.9 Å². The van der Waals surface area contributed by atoms with Crippen molar-refractivity contribution in [3.63, 3.8) is 0 Å². The van der Waals surface area contributed by atoms with Crippen molar-refractivity contribution in [1.82, 2.24) is 0 Å². The molecule has 0 radical (unpaired) electrons. The number of rotatable bonds is 68. The fourth-order valence-electron chi connectivity index (χ4n) is 17.9. The molecular formula is C104H169Cl2N7O4S2. The van der Waals surface area contributed by atoms with Gasteiger partial charge in [-0.15, -0.1) is 10.2 Å². The first kappa shape index (κ1) is 103. The summed E-state index contributed by atoms with van der Waals surface area (Å²) in [7, 11) is -6.54. The number of azo groups is 1. The van der Waals surface area contributed by atoms with Crippen LogP contribution in [0.5, 0.6) is 0 Å². The van der Waals surface area contributed by atoms with Crippen molar-refractivity contribution in [2.75, 3.05) is 39.5 Å². The molecule has 0 bridgehead atoms. The van der Waals surface area contributed by atoms with E-state index in [0.29, 0.717) is 11.4 Å². The van der Waals surface area contributed by atoms with Crippen LogP contribution >= 0.6 is 23.2 Å². The number of sulfone groups is 2. The molecule has 8 rings (SSSR count). The van der Waals surface area contributed by atoms with E-state index >= 15 is 0 Å². The average Bonchev–Trinajstić information content (AvgIpc) is 0.752. The zero-order valence-corrected chi connectivity index (χ0v) is 79.4. The van der Waals surface area contributed by atoms with E-state index in [-0.39, 0.29) is 31.2 Å². The number of hydrogen-bond acceptors (Lipinski definition) is 11. The molecule has 6 aromatic carbocycles. The molecular weight excluding hydrogens is 1550 g/mol. The van der Waals surface area contributed by atoms with Crippen LogP contribution in [0.4, 0.5) is 39.8 Å². The third-order valence-electron chi connectivity index (χ3n) is 25.3. The lowest BCUT2D eigenvalue weighted by molar-refractivity contribution is 0.401. The van der Waals surface area contributed by atoms with Crippen LogP contribution in [0, 0.1) is 0 Å². The molecule has 0 amide bonds. The molecule has 0 saturated heterocycles. The molecule has 0 aromatic heterocycles. The molecule has 2 aliphatic heterocycles. The third-order valence-corrected chi connectivity index (χ3v) is 28.1. The van der Waals surface area contributed by atoms with Gasteiger partial charge in [-0.2, -0.15) is 0 Å². The Labute approximate surface area is 738 Å². The van der Waals surface area contributed by atoms with Gasteiger partial charge in [0, 0.05) is 51.4 Å². The predicted molar refractivity (Wildman–Crippen MR) is 524 cm³/mol. The van der Waals surface area contributed by atoms with Crippen LogP contribution < -0.4 is 27.0 Å². The van der Waals surface area contributed by atoms with Crippen molar-refractivity contribution in [3.8, 4) is 0 Å². The molecule has 0 spiro atoms. The molecule has 119 heavy (non-hydrogen) atoms. The summed E-state index contributed by atoms with van der Waals surface area (Å²) in [5, 5.41) is 30.7. The fraction of sp³-hybridized carbons (Fsp3) is 0.692. The Bertz CT molecular complexity index is 3800. The van der Waals surface area contributed by atoms with Gasteiger partial charge in [0.1, 0.15) is 17.0 Å². The largest absolute Gasteiger partial charge is 0.398 e. The van der Waals surface area contributed by atoms with Crippen molar-refractivity contribution in [2.45, 2.75) is 460 Å². The van der Waals surface area contributed by atoms with Gasteiger partial charge in [0.15, 0.2) is 19.7 Å². The van der Waals surface area contributed by atoms with E-state index in [1.807, 2.05) is 6.07 Å². The summed E-state index contributed by atoms with van der Waals surface area (Å²) < 4.78 is 46.0. The van der Waals surface area contributed by atoms with Crippen molar-refractivity contribution in [1.29, 1.82) is 0 Å². The second kappa shape index (κ2) is 62.1. The van der Waals surface area contributed by atoms with Crippen LogP contribution in [0.1, 0.15) is 439 Å². The van der Waals surface area contributed by atoms with Gasteiger partial charge < -0.3 is 27.0 Å². The molecule has 0 saturated carbocycles. The topological polar surface area (TPSA) is 167 Å². The van der Waals surface area contributed by atoms with Crippen LogP contribution in [0.3, 0.4) is 0 Å². The second-order valence-electron chi connectivity index (χ2n) is 36.1. The predicted octanol–water partition coefficient (Wildman–Crippen LogP) is 35.6. The lowest BCUT2D eigenvalue weighted by atomic mass is 9.89. The highest BCUT2D eigenvalue weighted by atomic mass is 35.5. The highest BCUT2D eigenvalue weighted by Crippen LogP contribution is 2.46. The summed E-state index contributed by atoms with van der Waals surface area (Å²) in [6, 6.07) is 33.0. The van der Waals surface area contributed by atoms with Crippen molar-refractivity contribution in [2.24, 2.45) is 10.2 Å². The first-order chi connectivity index (χ1) is 57.9. The first-order valence-corrected chi connectivity index (χ1v) is 53.9. The number of anilines is 5. The lowest BCUT2D eigenvalue weighted by Crippen LogP contribution is -2.48. The van der Waals surface area contributed by atoms with Crippen LogP contribution in [0.25, 0.3) is 21.5 Å². The highest BCUT2D eigenvalue weighted by molar-refractivity contribution is 7.91. The van der Waals surface area contributed by atoms with E-state index in [2.05, 4.69) is 120 Å². The number of hydrogen-bond donors (Lipinski definition) is 5. The van der Waals surface area contributed by atoms with Gasteiger partial charge in [-0.25, -0.2) is 16.8 Å². The number of benzene rings is 6. The van der Waals surface area contributed by atoms with Crippen molar-refractivity contribution in [3.05, 3.63) is 113 Å². The summed E-state index contributed by atoms with van der Waals surface area (Å²) in [6.45, 7) is 9.21. The minimum atomic E-state index is -3.36. The summed E-state index contributed by atoms with van der Waals surface area (Å²) in [4.78, 5) is 0.351. The molecule has 0 fully saturated rings. The molecule has 6 N–H and O–H groups in total. The maximum atomic E-state index is 12.0. The average molecular weight is 1720 g/mol. The minimum Gasteiger partial charge on any atom is -0.398 e. The smallest absolute Gasteiger partial charge is 0.175 e. The van der Waals surface area contributed by atoms with Crippen molar-refractivity contribution >= 4 is 104 Å². The summed E-state index contributed by atoms with van der Waals surface area (Å²) in [6.07, 6.45) is 91.1. The van der Waals surface area contributed by atoms with Gasteiger partial charge in [0.2, 0.25) is 0 Å². The number of nitrogens with one attached hydrogen (secondary N) is 4. The number of nitrogen functional groups attached to an aromatic ring is 1. The zero-order chi connectivity index (χ0) is 85.2. The Balaban J connectivity index is 0.000000330. The quantitative estimate of drug-likeness (QED) is 0.0142. The fourth-order valence-corrected chi connectivity index (χ4v) is 19.7. The number of halogens is 2. The Morgan fingerprint density at radius 1 is 0.286 bits per heavy atom. The normalized spacial score (nSPS) is 13.4. The van der Waals surface area contributed by atoms with E-state index < -0.39 is 19.7 Å². The van der Waals surface area contributed by atoms with E-state index in [1.165, 1.54) is 457 Å². The molecule has 6 aromatic rings. The van der Waals surface area contributed by atoms with Gasteiger partial charge in [-0.1, -0.05) is 447 Å². The number of nitrogens with zero attached hydrogens (tertiary/aromatic N) is 2. The van der Waals surface area contributed by atoms with Gasteiger partial charge in [0.05, 0.1) is 31.2 Å². The zero-order valence-electron chi connectivity index (χ0n) is 76.2. The number of unbranched alkanes of at least 4 members (excludes halogenated alkanes) is 56. The van der Waals surface area contributed by atoms with Crippen LogP contribution in [-0.2, 0) is 19.7 Å². The van der Waals surface area contributed by atoms with Gasteiger partial charge in [-0.3, -0.25) is 0 Å². The SMILES string of the molecule is CCCCCCCCCCCCCCCCCC1(CCCCCCCCCCCCCCCCC)Nc2cccc3c(N=Nc4ccc(S(C)(=O)=O)cc4Cl)ccc(c23)N1.CCCCCCCCCCCCCCCCCC1(CCCCCCCCCCCCCCCCC)Nc2cccc3cccc(c23)N1.CS(=O)(=O)c1ccc(N)c(Cl)c1. The Morgan fingerprint density at radius 3 is 0.815 bits per heavy atom. The van der Waals surface area contributed by atoms with E-state index in [1.54, 1.807) is 6.07 Å². The summed E-state index contributed by atoms with van der Waals surface area (Å²) in [5.41, 5.74) is 11.8. The van der Waals surface area contributed by atoms with Crippen molar-refractivity contribution < 1.29 is 16.8 Å². The molecule has 11 nitrogen and oxygen atoms in total. The maximum Gasteiger partial charge on any atom is 0.175 e. The monoisotopic (exact) mass is 1710 g/mol. The first-order valence-electron chi connectivity index (χ1n) is 49.3. The summed E-state index contributed by atoms with van der Waals surface area (Å²) in [5.74, 6) is 0. The van der Waals surface area contributed by atoms with Gasteiger partial charge in [0.25, 0.3) is 0 Å². The maximum absolute atomic E-state index is 12.0. The van der Waals surface area contributed by atoms with Gasteiger partial charge >= 0.3 is 0 Å². The highest BCUT2D eigenvalue weighted by Gasteiger charge is 2.35. The molecule has 2 heterocycles. The Hall–Kier alpha value is -5.08. The molecule has 0 atom stereocenters. The van der Waals surface area contributed by atoms with Crippen LogP contribution in [-0.4, -0.2) is 40.7 Å². The molecule has 0 unspecified atom stereocenters. The Kier molecular flexibility index (Phi) is 53.6. The van der Waals surface area contributed by atoms with Crippen LogP contribution in [0.15, 0.2) is 123 Å². The third kappa shape index (κ3) is 42.4. The lowest BCUT2D eigenvalue weighted by Gasteiger charge is -2.42. The number of nitrogens with two attached hydrogens (primary N) is 1. The minimum absolute atomic E-state index is 0.00425.